The number of carbonyl (C=O) groups excluding carboxylic acids is 1. The summed E-state index contributed by atoms with van der Waals surface area (Å²) in [5, 5.41) is 9.00. The van der Waals surface area contributed by atoms with E-state index in [0.717, 1.165) is 32.2 Å². The molecular weight excluding hydrogens is 318 g/mol. The van der Waals surface area contributed by atoms with Gasteiger partial charge in [0.2, 0.25) is 11.6 Å². The van der Waals surface area contributed by atoms with Crippen LogP contribution in [0.4, 0.5) is 6.01 Å². The van der Waals surface area contributed by atoms with Crippen molar-refractivity contribution >= 4 is 23.2 Å². The number of hydrogen-bond acceptors (Lipinski definition) is 6. The lowest BCUT2D eigenvalue weighted by Crippen LogP contribution is -2.47. The molecule has 130 valence electrons. The lowest BCUT2D eigenvalue weighted by atomic mass is 9.93. The van der Waals surface area contributed by atoms with E-state index in [2.05, 4.69) is 20.9 Å². The molecule has 0 saturated carbocycles. The van der Waals surface area contributed by atoms with E-state index < -0.39 is 0 Å². The Balaban J connectivity index is 1.44. The van der Waals surface area contributed by atoms with Crippen molar-refractivity contribution in [1.82, 2.24) is 14.9 Å². The third kappa shape index (κ3) is 3.16. The van der Waals surface area contributed by atoms with Gasteiger partial charge in [0.15, 0.2) is 5.58 Å². The normalized spacial score (nSPS) is 22.1. The Hall–Kier alpha value is -2.62. The molecule has 2 saturated heterocycles. The molecule has 0 spiro atoms. The molecule has 2 aliphatic rings. The number of amides is 1. The first-order valence-corrected chi connectivity index (χ1v) is 8.89. The molecule has 0 bridgehead atoms. The number of aromatic nitrogens is 2. The van der Waals surface area contributed by atoms with Gasteiger partial charge in [-0.3, -0.25) is 4.79 Å². The summed E-state index contributed by atoms with van der Waals surface area (Å²) in [6.45, 7) is 2.86. The van der Waals surface area contributed by atoms with Crippen LogP contribution in [-0.2, 0) is 4.79 Å². The first-order chi connectivity index (χ1) is 12.2. The molecular formula is C18H21N5O2. The Morgan fingerprint density at radius 2 is 2.12 bits per heavy atom. The number of piperidine rings is 2. The van der Waals surface area contributed by atoms with E-state index in [9.17, 15) is 4.79 Å². The van der Waals surface area contributed by atoms with Crippen molar-refractivity contribution in [3.05, 3.63) is 18.3 Å². The van der Waals surface area contributed by atoms with Crippen LogP contribution in [0.15, 0.2) is 22.7 Å². The molecule has 0 aromatic carbocycles. The molecule has 4 rings (SSSR count). The predicted octanol–water partition coefficient (Wildman–Crippen LogP) is 2.20. The summed E-state index contributed by atoms with van der Waals surface area (Å²) in [6, 6.07) is 6.54. The summed E-state index contributed by atoms with van der Waals surface area (Å²) < 4.78 is 5.80. The molecule has 0 radical (unpaired) electrons. The molecule has 0 N–H and O–H groups in total. The Bertz CT molecular complexity index is 770. The minimum Gasteiger partial charge on any atom is -0.422 e. The number of oxazole rings is 1. The highest BCUT2D eigenvalue weighted by atomic mass is 16.4. The van der Waals surface area contributed by atoms with Crippen molar-refractivity contribution in [2.75, 3.05) is 31.1 Å². The van der Waals surface area contributed by atoms with Gasteiger partial charge in [0, 0.05) is 38.3 Å². The van der Waals surface area contributed by atoms with E-state index in [-0.39, 0.29) is 17.7 Å². The van der Waals surface area contributed by atoms with Crippen LogP contribution in [0.25, 0.3) is 11.2 Å². The summed E-state index contributed by atoms with van der Waals surface area (Å²) in [5.41, 5.74) is 1.27. The molecule has 7 heteroatoms. The second-order valence-corrected chi connectivity index (χ2v) is 6.84. The van der Waals surface area contributed by atoms with Crippen molar-refractivity contribution in [3.63, 3.8) is 0 Å². The van der Waals surface area contributed by atoms with E-state index in [4.69, 9.17) is 9.68 Å². The third-order valence-corrected chi connectivity index (χ3v) is 5.18. The molecule has 1 unspecified atom stereocenters. The maximum atomic E-state index is 12.9. The fourth-order valence-electron chi connectivity index (χ4n) is 3.73. The van der Waals surface area contributed by atoms with Gasteiger partial charge in [0.25, 0.3) is 6.01 Å². The van der Waals surface area contributed by atoms with Gasteiger partial charge in [0.05, 0.1) is 12.0 Å². The van der Waals surface area contributed by atoms with Crippen LogP contribution in [0, 0.1) is 23.2 Å². The highest BCUT2D eigenvalue weighted by Crippen LogP contribution is 2.27. The second kappa shape index (κ2) is 6.71. The largest absolute Gasteiger partial charge is 0.422 e. The van der Waals surface area contributed by atoms with Gasteiger partial charge in [0.1, 0.15) is 0 Å². The van der Waals surface area contributed by atoms with Crippen molar-refractivity contribution in [3.8, 4) is 6.07 Å². The quantitative estimate of drug-likeness (QED) is 0.834. The third-order valence-electron chi connectivity index (χ3n) is 5.18. The minimum atomic E-state index is -0.0321. The molecule has 0 aliphatic carbocycles. The van der Waals surface area contributed by atoms with Crippen LogP contribution in [0.5, 0.6) is 0 Å². The predicted molar refractivity (Wildman–Crippen MR) is 91.7 cm³/mol. The molecule has 1 atom stereocenters. The smallest absolute Gasteiger partial charge is 0.299 e. The molecule has 25 heavy (non-hydrogen) atoms. The molecule has 2 aliphatic heterocycles. The van der Waals surface area contributed by atoms with Crippen LogP contribution in [0.3, 0.4) is 0 Å². The summed E-state index contributed by atoms with van der Waals surface area (Å²) in [7, 11) is 0. The maximum Gasteiger partial charge on any atom is 0.299 e. The van der Waals surface area contributed by atoms with Crippen molar-refractivity contribution < 1.29 is 9.21 Å². The standard InChI is InChI=1S/C18H21N5O2/c19-11-13-5-9-22(10-6-13)17(24)14-3-2-8-23(12-14)18-21-16-15(25-18)4-1-7-20-16/h1,4,7,13-14H,2-3,5-6,8-10,12H2. The highest BCUT2D eigenvalue weighted by molar-refractivity contribution is 5.80. The minimum absolute atomic E-state index is 0.0321. The number of nitrogens with zero attached hydrogens (tertiary/aromatic N) is 5. The van der Waals surface area contributed by atoms with Gasteiger partial charge in [-0.05, 0) is 37.8 Å². The molecule has 7 nitrogen and oxygen atoms in total. The van der Waals surface area contributed by atoms with Gasteiger partial charge in [-0.1, -0.05) is 0 Å². The van der Waals surface area contributed by atoms with Crippen LogP contribution in [0.1, 0.15) is 25.7 Å². The number of fused-ring (bicyclic) bond motifs is 1. The zero-order valence-corrected chi connectivity index (χ0v) is 14.1. The maximum absolute atomic E-state index is 12.9. The Labute approximate surface area is 146 Å². The van der Waals surface area contributed by atoms with Gasteiger partial charge < -0.3 is 14.2 Å². The highest BCUT2D eigenvalue weighted by Gasteiger charge is 2.32. The first kappa shape index (κ1) is 15.9. The lowest BCUT2D eigenvalue weighted by Gasteiger charge is -2.36. The number of anilines is 1. The summed E-state index contributed by atoms with van der Waals surface area (Å²) in [5.74, 6) is 0.268. The van der Waals surface area contributed by atoms with Crippen molar-refractivity contribution in [2.24, 2.45) is 11.8 Å². The monoisotopic (exact) mass is 339 g/mol. The number of hydrogen-bond donors (Lipinski definition) is 0. The zero-order valence-electron chi connectivity index (χ0n) is 14.1. The molecule has 2 aromatic heterocycles. The zero-order chi connectivity index (χ0) is 17.2. The topological polar surface area (TPSA) is 86.3 Å². The summed E-state index contributed by atoms with van der Waals surface area (Å²) >= 11 is 0. The van der Waals surface area contributed by atoms with Crippen molar-refractivity contribution in [2.45, 2.75) is 25.7 Å². The van der Waals surface area contributed by atoms with Crippen LogP contribution in [0.2, 0.25) is 0 Å². The van der Waals surface area contributed by atoms with Gasteiger partial charge >= 0.3 is 0 Å². The fourth-order valence-corrected chi connectivity index (χ4v) is 3.73. The molecule has 1 amide bonds. The van der Waals surface area contributed by atoms with Gasteiger partial charge in [-0.25, -0.2) is 4.98 Å². The fraction of sp³-hybridized carbons (Fsp3) is 0.556. The lowest BCUT2D eigenvalue weighted by molar-refractivity contribution is -0.137. The van der Waals surface area contributed by atoms with Gasteiger partial charge in [-0.15, -0.1) is 0 Å². The van der Waals surface area contributed by atoms with E-state index in [0.29, 0.717) is 36.9 Å². The van der Waals surface area contributed by atoms with Gasteiger partial charge in [-0.2, -0.15) is 10.2 Å². The molecule has 2 fully saturated rings. The Morgan fingerprint density at radius 3 is 2.88 bits per heavy atom. The number of likely N-dealkylation sites (tertiary alicyclic amines) is 1. The summed E-state index contributed by atoms with van der Waals surface area (Å²) in [4.78, 5) is 25.5. The SMILES string of the molecule is N#CC1CCN(C(=O)C2CCCN(c3nc4ncccc4o3)C2)CC1. The van der Waals surface area contributed by atoms with Crippen molar-refractivity contribution in [1.29, 1.82) is 5.26 Å². The molecule has 4 heterocycles. The number of rotatable bonds is 2. The van der Waals surface area contributed by atoms with Crippen LogP contribution < -0.4 is 4.90 Å². The second-order valence-electron chi connectivity index (χ2n) is 6.84. The number of pyridine rings is 1. The Morgan fingerprint density at radius 1 is 1.28 bits per heavy atom. The average Bonchev–Trinajstić information content (AvgIpc) is 3.12. The number of carbonyl (C=O) groups is 1. The summed E-state index contributed by atoms with van der Waals surface area (Å²) in [6.07, 6.45) is 5.11. The average molecular weight is 339 g/mol. The molecule has 2 aromatic rings. The van der Waals surface area contributed by atoms with E-state index in [1.807, 2.05) is 17.0 Å². The van der Waals surface area contributed by atoms with Crippen LogP contribution >= 0.6 is 0 Å². The number of nitriles is 1. The van der Waals surface area contributed by atoms with Crippen LogP contribution in [-0.4, -0.2) is 47.0 Å². The van der Waals surface area contributed by atoms with E-state index in [1.165, 1.54) is 0 Å². The first-order valence-electron chi connectivity index (χ1n) is 8.89. The Kier molecular flexibility index (Phi) is 4.26. The van der Waals surface area contributed by atoms with E-state index in [1.54, 1.807) is 6.20 Å². The van der Waals surface area contributed by atoms with E-state index >= 15 is 0 Å².